The first kappa shape index (κ1) is 14.6. The van der Waals surface area contributed by atoms with Crippen LogP contribution in [0.1, 0.15) is 11.1 Å². The standard InChI is InChI=1S/C16H16BrNO2/c1-11-7-8-15(20-2)14(9-11)18-16(19)10-12-5-3-4-6-13(12)17/h3-9H,10H2,1-2H3,(H,18,19). The summed E-state index contributed by atoms with van der Waals surface area (Å²) in [6, 6.07) is 13.4. The molecule has 0 aliphatic carbocycles. The summed E-state index contributed by atoms with van der Waals surface area (Å²) in [7, 11) is 1.59. The predicted octanol–water partition coefficient (Wildman–Crippen LogP) is 3.95. The minimum atomic E-state index is -0.0687. The van der Waals surface area contributed by atoms with Gasteiger partial charge in [0.15, 0.2) is 0 Å². The van der Waals surface area contributed by atoms with Crippen LogP contribution in [0.4, 0.5) is 5.69 Å². The van der Waals surface area contributed by atoms with Crippen LogP contribution in [-0.4, -0.2) is 13.0 Å². The van der Waals surface area contributed by atoms with E-state index in [-0.39, 0.29) is 5.91 Å². The molecular formula is C16H16BrNO2. The van der Waals surface area contributed by atoms with Gasteiger partial charge in [0.2, 0.25) is 5.91 Å². The van der Waals surface area contributed by atoms with Crippen molar-refractivity contribution in [3.8, 4) is 5.75 Å². The van der Waals surface area contributed by atoms with Crippen molar-refractivity contribution in [1.82, 2.24) is 0 Å². The SMILES string of the molecule is COc1ccc(C)cc1NC(=O)Cc1ccccc1Br. The van der Waals surface area contributed by atoms with Crippen LogP contribution in [-0.2, 0) is 11.2 Å². The number of carbonyl (C=O) groups excluding carboxylic acids is 1. The number of methoxy groups -OCH3 is 1. The lowest BCUT2D eigenvalue weighted by atomic mass is 10.1. The van der Waals surface area contributed by atoms with Crippen LogP contribution in [0.15, 0.2) is 46.9 Å². The number of rotatable bonds is 4. The maximum Gasteiger partial charge on any atom is 0.228 e. The van der Waals surface area contributed by atoms with Crippen LogP contribution >= 0.6 is 15.9 Å². The Morgan fingerprint density at radius 1 is 1.25 bits per heavy atom. The van der Waals surface area contributed by atoms with Gasteiger partial charge >= 0.3 is 0 Å². The van der Waals surface area contributed by atoms with E-state index in [0.717, 1.165) is 15.6 Å². The zero-order valence-corrected chi connectivity index (χ0v) is 13.0. The number of anilines is 1. The Morgan fingerprint density at radius 2 is 2.00 bits per heavy atom. The van der Waals surface area contributed by atoms with Crippen molar-refractivity contribution >= 4 is 27.5 Å². The first-order valence-corrected chi connectivity index (χ1v) is 7.07. The van der Waals surface area contributed by atoms with E-state index in [9.17, 15) is 4.79 Å². The molecule has 0 spiro atoms. The topological polar surface area (TPSA) is 38.3 Å². The smallest absolute Gasteiger partial charge is 0.228 e. The van der Waals surface area contributed by atoms with Crippen molar-refractivity contribution in [3.05, 3.63) is 58.1 Å². The lowest BCUT2D eigenvalue weighted by Gasteiger charge is -2.11. The van der Waals surface area contributed by atoms with Gasteiger partial charge < -0.3 is 10.1 Å². The summed E-state index contributed by atoms with van der Waals surface area (Å²) in [6.07, 6.45) is 0.318. The molecule has 0 saturated carbocycles. The Kier molecular flexibility index (Phi) is 4.79. The second-order valence-corrected chi connectivity index (χ2v) is 5.37. The van der Waals surface area contributed by atoms with E-state index in [0.29, 0.717) is 17.9 Å². The lowest BCUT2D eigenvalue weighted by molar-refractivity contribution is -0.115. The van der Waals surface area contributed by atoms with Crippen molar-refractivity contribution in [1.29, 1.82) is 0 Å². The Hall–Kier alpha value is -1.81. The van der Waals surface area contributed by atoms with Gasteiger partial charge in [-0.15, -0.1) is 0 Å². The molecule has 0 bridgehead atoms. The predicted molar refractivity (Wildman–Crippen MR) is 84.2 cm³/mol. The van der Waals surface area contributed by atoms with Crippen LogP contribution in [0, 0.1) is 6.92 Å². The number of amides is 1. The number of aryl methyl sites for hydroxylation is 1. The largest absolute Gasteiger partial charge is 0.495 e. The molecule has 0 radical (unpaired) electrons. The quantitative estimate of drug-likeness (QED) is 0.919. The molecule has 0 aliphatic heterocycles. The number of hydrogen-bond acceptors (Lipinski definition) is 2. The second-order valence-electron chi connectivity index (χ2n) is 4.52. The van der Waals surface area contributed by atoms with Gasteiger partial charge in [-0.3, -0.25) is 4.79 Å². The lowest BCUT2D eigenvalue weighted by Crippen LogP contribution is -2.15. The maximum absolute atomic E-state index is 12.1. The molecule has 0 atom stereocenters. The van der Waals surface area contributed by atoms with Gasteiger partial charge in [-0.2, -0.15) is 0 Å². The molecule has 2 rings (SSSR count). The van der Waals surface area contributed by atoms with Crippen LogP contribution in [0.2, 0.25) is 0 Å². The van der Waals surface area contributed by atoms with Gasteiger partial charge in [0.05, 0.1) is 19.2 Å². The number of benzene rings is 2. The molecule has 3 nitrogen and oxygen atoms in total. The number of hydrogen-bond donors (Lipinski definition) is 1. The fraction of sp³-hybridized carbons (Fsp3) is 0.188. The van der Waals surface area contributed by atoms with Crippen LogP contribution in [0.5, 0.6) is 5.75 Å². The van der Waals surface area contributed by atoms with E-state index in [1.165, 1.54) is 0 Å². The summed E-state index contributed by atoms with van der Waals surface area (Å²) in [4.78, 5) is 12.1. The molecule has 20 heavy (non-hydrogen) atoms. The van der Waals surface area contributed by atoms with Crippen LogP contribution in [0.3, 0.4) is 0 Å². The third-order valence-electron chi connectivity index (χ3n) is 2.94. The average molecular weight is 334 g/mol. The molecule has 1 N–H and O–H groups in total. The van der Waals surface area contributed by atoms with E-state index >= 15 is 0 Å². The zero-order valence-electron chi connectivity index (χ0n) is 11.4. The van der Waals surface area contributed by atoms with Crippen molar-refractivity contribution in [2.75, 3.05) is 12.4 Å². The molecule has 0 heterocycles. The van der Waals surface area contributed by atoms with Gasteiger partial charge in [-0.05, 0) is 36.2 Å². The van der Waals surface area contributed by atoms with Crippen molar-refractivity contribution < 1.29 is 9.53 Å². The van der Waals surface area contributed by atoms with E-state index < -0.39 is 0 Å². The molecule has 4 heteroatoms. The summed E-state index contributed by atoms with van der Waals surface area (Å²) >= 11 is 3.45. The van der Waals surface area contributed by atoms with Gasteiger partial charge in [0.25, 0.3) is 0 Å². The first-order chi connectivity index (χ1) is 9.60. The molecule has 104 valence electrons. The molecule has 0 unspecified atom stereocenters. The fourth-order valence-electron chi connectivity index (χ4n) is 1.93. The third kappa shape index (κ3) is 3.61. The zero-order chi connectivity index (χ0) is 14.5. The molecular weight excluding hydrogens is 318 g/mol. The number of halogens is 1. The summed E-state index contributed by atoms with van der Waals surface area (Å²) < 4.78 is 6.19. The molecule has 2 aromatic carbocycles. The highest BCUT2D eigenvalue weighted by molar-refractivity contribution is 9.10. The van der Waals surface area contributed by atoms with E-state index in [4.69, 9.17) is 4.74 Å². The molecule has 1 amide bonds. The van der Waals surface area contributed by atoms with Gasteiger partial charge in [-0.1, -0.05) is 40.2 Å². The van der Waals surface area contributed by atoms with Gasteiger partial charge in [0, 0.05) is 4.47 Å². The Bertz CT molecular complexity index is 626. The maximum atomic E-state index is 12.1. The normalized spacial score (nSPS) is 10.2. The number of ether oxygens (including phenoxy) is 1. The van der Waals surface area contributed by atoms with E-state index in [2.05, 4.69) is 21.2 Å². The Balaban J connectivity index is 2.12. The van der Waals surface area contributed by atoms with E-state index in [1.807, 2.05) is 49.4 Å². The van der Waals surface area contributed by atoms with E-state index in [1.54, 1.807) is 7.11 Å². The Morgan fingerprint density at radius 3 is 2.70 bits per heavy atom. The van der Waals surface area contributed by atoms with Crippen molar-refractivity contribution in [2.45, 2.75) is 13.3 Å². The molecule has 2 aromatic rings. The fourth-order valence-corrected chi connectivity index (χ4v) is 2.35. The minimum absolute atomic E-state index is 0.0687. The molecule has 0 aromatic heterocycles. The van der Waals surface area contributed by atoms with Crippen molar-refractivity contribution in [3.63, 3.8) is 0 Å². The molecule has 0 saturated heterocycles. The highest BCUT2D eigenvalue weighted by Crippen LogP contribution is 2.25. The summed E-state index contributed by atoms with van der Waals surface area (Å²) in [5, 5.41) is 2.89. The highest BCUT2D eigenvalue weighted by atomic mass is 79.9. The third-order valence-corrected chi connectivity index (χ3v) is 3.71. The number of nitrogens with one attached hydrogen (secondary N) is 1. The van der Waals surface area contributed by atoms with Crippen LogP contribution < -0.4 is 10.1 Å². The monoisotopic (exact) mass is 333 g/mol. The molecule has 0 aliphatic rings. The minimum Gasteiger partial charge on any atom is -0.495 e. The summed E-state index contributed by atoms with van der Waals surface area (Å²) in [6.45, 7) is 1.98. The summed E-state index contributed by atoms with van der Waals surface area (Å²) in [5.74, 6) is 0.594. The molecule has 0 fully saturated rings. The Labute approximate surface area is 127 Å². The summed E-state index contributed by atoms with van der Waals surface area (Å²) in [5.41, 5.74) is 2.73. The highest BCUT2D eigenvalue weighted by Gasteiger charge is 2.10. The van der Waals surface area contributed by atoms with Crippen LogP contribution in [0.25, 0.3) is 0 Å². The average Bonchev–Trinajstić information content (AvgIpc) is 2.41. The van der Waals surface area contributed by atoms with Gasteiger partial charge in [0.1, 0.15) is 5.75 Å². The second kappa shape index (κ2) is 6.57. The first-order valence-electron chi connectivity index (χ1n) is 6.28. The van der Waals surface area contributed by atoms with Crippen molar-refractivity contribution in [2.24, 2.45) is 0 Å². The number of carbonyl (C=O) groups is 1. The van der Waals surface area contributed by atoms with Gasteiger partial charge in [-0.25, -0.2) is 0 Å².